The number of aryl methyl sites for hydroxylation is 2. The third-order valence-electron chi connectivity index (χ3n) is 3.49. The molecule has 2 aromatic rings. The van der Waals surface area contributed by atoms with Gasteiger partial charge in [-0.25, -0.2) is 0 Å². The molecular weight excluding hydrogens is 298 g/mol. The number of aromatic amines is 1. The topological polar surface area (TPSA) is 68.0 Å². The third-order valence-corrected chi connectivity index (χ3v) is 3.75. The average molecular weight is 319 g/mol. The number of aromatic nitrogens is 4. The van der Waals surface area contributed by atoms with Gasteiger partial charge in [0, 0.05) is 23.5 Å². The number of nitrogens with one attached hydrogen (secondary N) is 1. The summed E-state index contributed by atoms with van der Waals surface area (Å²) in [5.74, 6) is 0.564. The van der Waals surface area contributed by atoms with Gasteiger partial charge in [0.2, 0.25) is 4.77 Å². The lowest BCUT2D eigenvalue weighted by Crippen LogP contribution is -2.22. The summed E-state index contributed by atoms with van der Waals surface area (Å²) in [6.45, 7) is 11.1. The first kappa shape index (κ1) is 16.4. The largest absolute Gasteiger partial charge is 0.348 e. The highest BCUT2D eigenvalue weighted by Gasteiger charge is 2.09. The van der Waals surface area contributed by atoms with Crippen LogP contribution in [0.1, 0.15) is 36.5 Å². The van der Waals surface area contributed by atoms with Crippen molar-refractivity contribution in [3.63, 3.8) is 0 Å². The molecule has 22 heavy (non-hydrogen) atoms. The number of hydrogen-bond acceptors (Lipinski definition) is 4. The van der Waals surface area contributed by atoms with E-state index in [0.717, 1.165) is 22.5 Å². The number of hydrogen-bond donors (Lipinski definition) is 1. The zero-order valence-corrected chi connectivity index (χ0v) is 14.4. The van der Waals surface area contributed by atoms with Crippen molar-refractivity contribution in [1.29, 1.82) is 0 Å². The molecule has 2 rings (SSSR count). The van der Waals surface area contributed by atoms with Gasteiger partial charge >= 0.3 is 0 Å². The maximum atomic E-state index is 12.0. The molecule has 0 aliphatic rings. The lowest BCUT2D eigenvalue weighted by molar-refractivity contribution is 0.509. The Balaban J connectivity index is 2.42. The van der Waals surface area contributed by atoms with Crippen molar-refractivity contribution in [3.8, 4) is 0 Å². The number of nitrogens with zero attached hydrogens (tertiary/aromatic N) is 4. The minimum absolute atomic E-state index is 0.183. The summed E-state index contributed by atoms with van der Waals surface area (Å²) in [4.78, 5) is 12.0. The first-order valence-electron chi connectivity index (χ1n) is 7.20. The van der Waals surface area contributed by atoms with Crippen molar-refractivity contribution in [2.45, 2.75) is 41.2 Å². The van der Waals surface area contributed by atoms with Gasteiger partial charge in [0.15, 0.2) is 0 Å². The lowest BCUT2D eigenvalue weighted by Gasteiger charge is -2.11. The molecule has 7 heteroatoms. The summed E-state index contributed by atoms with van der Waals surface area (Å²) in [6, 6.07) is 2.06. The van der Waals surface area contributed by atoms with Gasteiger partial charge in [-0.1, -0.05) is 13.8 Å². The van der Waals surface area contributed by atoms with E-state index in [2.05, 4.69) is 53.6 Å². The van der Waals surface area contributed by atoms with Crippen molar-refractivity contribution in [2.24, 2.45) is 11.0 Å². The first-order valence-corrected chi connectivity index (χ1v) is 7.61. The Morgan fingerprint density at radius 1 is 1.41 bits per heavy atom. The average Bonchev–Trinajstić information content (AvgIpc) is 2.70. The van der Waals surface area contributed by atoms with Crippen molar-refractivity contribution in [1.82, 2.24) is 19.4 Å². The van der Waals surface area contributed by atoms with E-state index in [4.69, 9.17) is 12.2 Å². The van der Waals surface area contributed by atoms with Gasteiger partial charge in [-0.2, -0.15) is 14.9 Å². The van der Waals surface area contributed by atoms with Crippen LogP contribution in [0.25, 0.3) is 0 Å². The van der Waals surface area contributed by atoms with Crippen molar-refractivity contribution >= 4 is 18.4 Å². The van der Waals surface area contributed by atoms with E-state index in [9.17, 15) is 4.79 Å². The van der Waals surface area contributed by atoms with Crippen molar-refractivity contribution < 1.29 is 0 Å². The quantitative estimate of drug-likeness (QED) is 0.695. The molecule has 0 atom stereocenters. The first-order chi connectivity index (χ1) is 10.3. The molecule has 0 saturated carbocycles. The van der Waals surface area contributed by atoms with Gasteiger partial charge in [0.05, 0.1) is 6.21 Å². The van der Waals surface area contributed by atoms with Gasteiger partial charge < -0.3 is 4.57 Å². The zero-order chi connectivity index (χ0) is 16.4. The van der Waals surface area contributed by atoms with Crippen LogP contribution in [-0.4, -0.2) is 25.7 Å². The molecule has 0 bridgehead atoms. The van der Waals surface area contributed by atoms with Gasteiger partial charge in [0.1, 0.15) is 5.69 Å². The minimum atomic E-state index is -0.309. The van der Waals surface area contributed by atoms with Gasteiger partial charge in [0.25, 0.3) is 5.56 Å². The second kappa shape index (κ2) is 6.39. The highest BCUT2D eigenvalue weighted by molar-refractivity contribution is 7.71. The molecule has 6 nitrogen and oxygen atoms in total. The molecule has 0 amide bonds. The van der Waals surface area contributed by atoms with E-state index in [-0.39, 0.29) is 10.3 Å². The monoisotopic (exact) mass is 319 g/mol. The second-order valence-corrected chi connectivity index (χ2v) is 6.19. The van der Waals surface area contributed by atoms with E-state index >= 15 is 0 Å². The van der Waals surface area contributed by atoms with E-state index < -0.39 is 0 Å². The Bertz CT molecular complexity index is 825. The number of rotatable bonds is 4. The molecule has 0 spiro atoms. The van der Waals surface area contributed by atoms with Crippen LogP contribution in [0.15, 0.2) is 16.0 Å². The van der Waals surface area contributed by atoms with Gasteiger partial charge in [-0.3, -0.25) is 9.89 Å². The summed E-state index contributed by atoms with van der Waals surface area (Å²) in [5.41, 5.74) is 3.31. The van der Waals surface area contributed by atoms with Crippen LogP contribution >= 0.6 is 12.2 Å². The molecule has 0 aromatic carbocycles. The number of H-pyrrole nitrogens is 1. The lowest BCUT2D eigenvalue weighted by atomic mass is 10.2. The fourth-order valence-electron chi connectivity index (χ4n) is 2.30. The SMILES string of the molecule is Cc1n[nH]c(=S)n(N=Cc2cc(C)n(CC(C)C)c2C)c1=O. The Hall–Kier alpha value is -2.02. The highest BCUT2D eigenvalue weighted by atomic mass is 32.1. The zero-order valence-electron chi connectivity index (χ0n) is 13.5. The Morgan fingerprint density at radius 2 is 2.09 bits per heavy atom. The third kappa shape index (κ3) is 3.24. The van der Waals surface area contributed by atoms with Crippen LogP contribution in [0.5, 0.6) is 0 Å². The molecular formula is C15H21N5OS. The standard InChI is InChI=1S/C15H21N5OS/c1-9(2)8-19-10(3)6-13(12(19)5)7-16-20-14(21)11(4)17-18-15(20)22/h6-7,9H,8H2,1-5H3,(H,18,22). The van der Waals surface area contributed by atoms with E-state index in [0.29, 0.717) is 11.6 Å². The molecule has 0 aliphatic heterocycles. The maximum absolute atomic E-state index is 12.0. The van der Waals surface area contributed by atoms with Crippen LogP contribution in [0.2, 0.25) is 0 Å². The van der Waals surface area contributed by atoms with Crippen molar-refractivity contribution in [3.05, 3.63) is 43.8 Å². The van der Waals surface area contributed by atoms with E-state index in [1.165, 1.54) is 5.69 Å². The molecule has 0 fully saturated rings. The molecule has 118 valence electrons. The molecule has 0 radical (unpaired) electrons. The Morgan fingerprint density at radius 3 is 2.73 bits per heavy atom. The molecule has 0 saturated heterocycles. The normalized spacial score (nSPS) is 11.7. The summed E-state index contributed by atoms with van der Waals surface area (Å²) >= 11 is 5.06. The second-order valence-electron chi connectivity index (χ2n) is 5.81. The van der Waals surface area contributed by atoms with Crippen LogP contribution in [0.3, 0.4) is 0 Å². The maximum Gasteiger partial charge on any atom is 0.296 e. The minimum Gasteiger partial charge on any atom is -0.348 e. The van der Waals surface area contributed by atoms with Crippen LogP contribution in [-0.2, 0) is 6.54 Å². The van der Waals surface area contributed by atoms with E-state index in [1.54, 1.807) is 13.1 Å². The van der Waals surface area contributed by atoms with E-state index in [1.807, 2.05) is 0 Å². The van der Waals surface area contributed by atoms with Crippen LogP contribution in [0, 0.1) is 31.5 Å². The Labute approximate surface area is 134 Å². The van der Waals surface area contributed by atoms with Crippen molar-refractivity contribution in [2.75, 3.05) is 0 Å². The van der Waals surface area contributed by atoms with Crippen LogP contribution < -0.4 is 5.56 Å². The molecule has 1 N–H and O–H groups in total. The summed E-state index contributed by atoms with van der Waals surface area (Å²) < 4.78 is 3.60. The molecule has 0 unspecified atom stereocenters. The predicted octanol–water partition coefficient (Wildman–Crippen LogP) is 2.57. The molecule has 0 aliphatic carbocycles. The highest BCUT2D eigenvalue weighted by Crippen LogP contribution is 2.15. The summed E-state index contributed by atoms with van der Waals surface area (Å²) in [5, 5.41) is 10.7. The Kier molecular flexibility index (Phi) is 4.75. The fourth-order valence-corrected chi connectivity index (χ4v) is 2.48. The predicted molar refractivity (Wildman–Crippen MR) is 90.2 cm³/mol. The van der Waals surface area contributed by atoms with Gasteiger partial charge in [-0.15, -0.1) is 0 Å². The fraction of sp³-hybridized carbons (Fsp3) is 0.467. The summed E-state index contributed by atoms with van der Waals surface area (Å²) in [7, 11) is 0. The summed E-state index contributed by atoms with van der Waals surface area (Å²) in [6.07, 6.45) is 1.67. The smallest absolute Gasteiger partial charge is 0.296 e. The molecule has 2 heterocycles. The van der Waals surface area contributed by atoms with Crippen LogP contribution in [0.4, 0.5) is 0 Å². The van der Waals surface area contributed by atoms with Gasteiger partial charge in [-0.05, 0) is 45.0 Å². The molecule has 2 aromatic heterocycles.